The lowest BCUT2D eigenvalue weighted by molar-refractivity contribution is 0.266. The molecule has 0 N–H and O–H groups in total. The molecule has 2 rings (SSSR count). The zero-order chi connectivity index (χ0) is 13.3. The third kappa shape index (κ3) is 4.47. The second kappa shape index (κ2) is 7.21. The molecule has 0 bridgehead atoms. The molecule has 3 heteroatoms. The highest BCUT2D eigenvalue weighted by molar-refractivity contribution is 5.38. The monoisotopic (exact) mass is 255 g/mol. The van der Waals surface area contributed by atoms with Crippen LogP contribution >= 0.6 is 0 Å². The standard InChI is InChI=1S/C16H15O3/c17-13-18-12-15-6-8-16(9-7-15)19-11-10-14-4-2-1-3-5-14/h1-9H,10-12H2. The predicted molar refractivity (Wildman–Crippen MR) is 72.6 cm³/mol. The van der Waals surface area contributed by atoms with E-state index in [0.717, 1.165) is 17.7 Å². The van der Waals surface area contributed by atoms with Gasteiger partial charge in [0.25, 0.3) is 0 Å². The highest BCUT2D eigenvalue weighted by atomic mass is 16.5. The molecule has 3 nitrogen and oxygen atoms in total. The average Bonchev–Trinajstić information content (AvgIpc) is 2.47. The topological polar surface area (TPSA) is 35.5 Å². The van der Waals surface area contributed by atoms with Gasteiger partial charge in [0.15, 0.2) is 0 Å². The molecule has 0 aromatic heterocycles. The van der Waals surface area contributed by atoms with Crippen molar-refractivity contribution in [3.63, 3.8) is 0 Å². The fraction of sp³-hybridized carbons (Fsp3) is 0.188. The van der Waals surface area contributed by atoms with Crippen LogP contribution in [0.3, 0.4) is 0 Å². The summed E-state index contributed by atoms with van der Waals surface area (Å²) in [6, 6.07) is 17.7. The van der Waals surface area contributed by atoms with Crippen molar-refractivity contribution < 1.29 is 14.3 Å². The van der Waals surface area contributed by atoms with Gasteiger partial charge in [-0.2, -0.15) is 0 Å². The van der Waals surface area contributed by atoms with Crippen LogP contribution in [0.15, 0.2) is 54.6 Å². The third-order valence-electron chi connectivity index (χ3n) is 2.72. The Balaban J connectivity index is 1.78. The van der Waals surface area contributed by atoms with Crippen molar-refractivity contribution >= 4 is 6.47 Å². The van der Waals surface area contributed by atoms with Gasteiger partial charge in [-0.05, 0) is 23.3 Å². The maximum absolute atomic E-state index is 9.95. The summed E-state index contributed by atoms with van der Waals surface area (Å²) >= 11 is 0. The molecule has 0 amide bonds. The Morgan fingerprint density at radius 3 is 2.32 bits per heavy atom. The van der Waals surface area contributed by atoms with E-state index in [0.29, 0.717) is 6.61 Å². The van der Waals surface area contributed by atoms with Crippen LogP contribution in [-0.4, -0.2) is 13.1 Å². The zero-order valence-electron chi connectivity index (χ0n) is 10.5. The van der Waals surface area contributed by atoms with Gasteiger partial charge in [-0.25, -0.2) is 4.79 Å². The van der Waals surface area contributed by atoms with Crippen molar-refractivity contribution in [3.05, 3.63) is 65.7 Å². The first-order valence-corrected chi connectivity index (χ1v) is 6.13. The lowest BCUT2D eigenvalue weighted by Gasteiger charge is -2.07. The molecular formula is C16H15O3. The van der Waals surface area contributed by atoms with Gasteiger partial charge < -0.3 is 9.47 Å². The first-order chi connectivity index (χ1) is 9.38. The minimum atomic E-state index is 0.244. The van der Waals surface area contributed by atoms with Crippen LogP contribution in [0.1, 0.15) is 11.1 Å². The molecule has 0 saturated carbocycles. The fourth-order valence-electron chi connectivity index (χ4n) is 1.73. The van der Waals surface area contributed by atoms with Gasteiger partial charge in [-0.3, -0.25) is 0 Å². The van der Waals surface area contributed by atoms with Gasteiger partial charge in [0, 0.05) is 6.42 Å². The molecule has 0 spiro atoms. The van der Waals surface area contributed by atoms with Gasteiger partial charge in [0.2, 0.25) is 0 Å². The van der Waals surface area contributed by atoms with E-state index in [9.17, 15) is 4.79 Å². The molecule has 0 atom stereocenters. The molecule has 19 heavy (non-hydrogen) atoms. The fourth-order valence-corrected chi connectivity index (χ4v) is 1.73. The number of ether oxygens (including phenoxy) is 2. The largest absolute Gasteiger partial charge is 0.493 e. The quantitative estimate of drug-likeness (QED) is 0.763. The summed E-state index contributed by atoms with van der Waals surface area (Å²) in [6.07, 6.45) is 0.881. The Morgan fingerprint density at radius 2 is 1.63 bits per heavy atom. The summed E-state index contributed by atoms with van der Waals surface area (Å²) in [6.45, 7) is 2.29. The molecule has 2 aromatic rings. The van der Waals surface area contributed by atoms with Gasteiger partial charge in [-0.15, -0.1) is 0 Å². The van der Waals surface area contributed by atoms with E-state index in [4.69, 9.17) is 4.74 Å². The minimum Gasteiger partial charge on any atom is -0.493 e. The van der Waals surface area contributed by atoms with E-state index in [1.165, 1.54) is 12.0 Å². The van der Waals surface area contributed by atoms with Crippen molar-refractivity contribution in [2.45, 2.75) is 13.0 Å². The molecule has 1 radical (unpaired) electrons. The van der Waals surface area contributed by atoms with Gasteiger partial charge in [0.1, 0.15) is 12.4 Å². The summed E-state index contributed by atoms with van der Waals surface area (Å²) in [5.41, 5.74) is 2.17. The van der Waals surface area contributed by atoms with Gasteiger partial charge in [0.05, 0.1) is 6.61 Å². The maximum Gasteiger partial charge on any atom is 0.417 e. The second-order valence-electron chi connectivity index (χ2n) is 4.10. The Labute approximate surface area is 112 Å². The Bertz CT molecular complexity index is 491. The second-order valence-corrected chi connectivity index (χ2v) is 4.10. The smallest absolute Gasteiger partial charge is 0.417 e. The normalized spacial score (nSPS) is 9.89. The van der Waals surface area contributed by atoms with Crippen LogP contribution in [0, 0.1) is 0 Å². The Kier molecular flexibility index (Phi) is 4.99. The maximum atomic E-state index is 9.95. The van der Waals surface area contributed by atoms with Crippen LogP contribution < -0.4 is 4.74 Å². The number of benzene rings is 2. The van der Waals surface area contributed by atoms with Crippen molar-refractivity contribution in [1.29, 1.82) is 0 Å². The molecule has 2 aromatic carbocycles. The molecule has 0 aliphatic heterocycles. The van der Waals surface area contributed by atoms with E-state index < -0.39 is 0 Å². The van der Waals surface area contributed by atoms with Crippen LogP contribution in [-0.2, 0) is 22.6 Å². The highest BCUT2D eigenvalue weighted by Gasteiger charge is 1.97. The molecule has 0 aliphatic rings. The van der Waals surface area contributed by atoms with Crippen molar-refractivity contribution in [2.24, 2.45) is 0 Å². The summed E-state index contributed by atoms with van der Waals surface area (Å²) in [5, 5.41) is 0. The molecule has 0 heterocycles. The van der Waals surface area contributed by atoms with Crippen molar-refractivity contribution in [2.75, 3.05) is 6.61 Å². The molecule has 0 fully saturated rings. The van der Waals surface area contributed by atoms with Gasteiger partial charge >= 0.3 is 6.47 Å². The van der Waals surface area contributed by atoms with Gasteiger partial charge in [-0.1, -0.05) is 42.5 Å². The zero-order valence-corrected chi connectivity index (χ0v) is 10.5. The number of hydrogen-bond acceptors (Lipinski definition) is 3. The molecule has 97 valence electrons. The SMILES string of the molecule is O=[C]OCc1ccc(OCCc2ccccc2)cc1. The predicted octanol–water partition coefficient (Wildman–Crippen LogP) is 2.89. The van der Waals surface area contributed by atoms with Crippen LogP contribution in [0.2, 0.25) is 0 Å². The summed E-state index contributed by atoms with van der Waals surface area (Å²) < 4.78 is 10.2. The Morgan fingerprint density at radius 1 is 0.895 bits per heavy atom. The van der Waals surface area contributed by atoms with Crippen molar-refractivity contribution in [1.82, 2.24) is 0 Å². The molecular weight excluding hydrogens is 240 g/mol. The lowest BCUT2D eigenvalue weighted by atomic mass is 10.2. The molecule has 0 saturated heterocycles. The van der Waals surface area contributed by atoms with Crippen molar-refractivity contribution in [3.8, 4) is 5.75 Å². The third-order valence-corrected chi connectivity index (χ3v) is 2.72. The molecule has 0 aliphatic carbocycles. The number of hydrogen-bond donors (Lipinski definition) is 0. The number of carbonyl (C=O) groups excluding carboxylic acids is 1. The van der Waals surface area contributed by atoms with E-state index in [2.05, 4.69) is 16.9 Å². The lowest BCUT2D eigenvalue weighted by Crippen LogP contribution is -2.01. The highest BCUT2D eigenvalue weighted by Crippen LogP contribution is 2.13. The van der Waals surface area contributed by atoms with E-state index in [1.807, 2.05) is 42.5 Å². The molecule has 0 unspecified atom stereocenters. The first kappa shape index (κ1) is 13.1. The van der Waals surface area contributed by atoms with E-state index >= 15 is 0 Å². The average molecular weight is 255 g/mol. The Hall–Kier alpha value is -2.29. The van der Waals surface area contributed by atoms with E-state index in [-0.39, 0.29) is 6.61 Å². The summed E-state index contributed by atoms with van der Waals surface area (Å²) in [4.78, 5) is 9.95. The van der Waals surface area contributed by atoms with E-state index in [1.54, 1.807) is 0 Å². The number of rotatable bonds is 7. The summed E-state index contributed by atoms with van der Waals surface area (Å²) in [7, 11) is 0. The summed E-state index contributed by atoms with van der Waals surface area (Å²) in [5.74, 6) is 0.815. The van der Waals surface area contributed by atoms with Crippen LogP contribution in [0.25, 0.3) is 0 Å². The first-order valence-electron chi connectivity index (χ1n) is 6.13. The van der Waals surface area contributed by atoms with Crippen LogP contribution in [0.4, 0.5) is 0 Å². The minimum absolute atomic E-state index is 0.244. The van der Waals surface area contributed by atoms with Crippen LogP contribution in [0.5, 0.6) is 5.75 Å².